The van der Waals surface area contributed by atoms with E-state index in [1.54, 1.807) is 0 Å². The zero-order valence-corrected chi connectivity index (χ0v) is 8.86. The van der Waals surface area contributed by atoms with Gasteiger partial charge in [0, 0.05) is 5.56 Å². The second-order valence-electron chi connectivity index (χ2n) is 3.88. The molecule has 4 heteroatoms. The van der Waals surface area contributed by atoms with Gasteiger partial charge < -0.3 is 14.4 Å². The van der Waals surface area contributed by atoms with E-state index in [1.165, 1.54) is 0 Å². The molecule has 0 atom stereocenters. The first kappa shape index (κ1) is 9.42. The van der Waals surface area contributed by atoms with Crippen LogP contribution in [0.5, 0.6) is 5.75 Å². The highest BCUT2D eigenvalue weighted by Gasteiger charge is 2.24. The lowest BCUT2D eigenvalue weighted by Gasteiger charge is -2.16. The predicted octanol–water partition coefficient (Wildman–Crippen LogP) is 2.03. The molecule has 0 bridgehead atoms. The summed E-state index contributed by atoms with van der Waals surface area (Å²) in [6.45, 7) is 2.28. The minimum atomic E-state index is -0.146. The number of benzene rings is 1. The third-order valence-electron chi connectivity index (χ3n) is 2.78. The van der Waals surface area contributed by atoms with Crippen LogP contribution in [-0.2, 0) is 13.2 Å². The van der Waals surface area contributed by atoms with Crippen LogP contribution in [0.15, 0.2) is 22.7 Å². The van der Waals surface area contributed by atoms with Crippen LogP contribution >= 0.6 is 0 Å². The van der Waals surface area contributed by atoms with E-state index < -0.39 is 0 Å². The van der Waals surface area contributed by atoms with Crippen molar-refractivity contribution in [1.82, 2.24) is 5.16 Å². The highest BCUT2D eigenvalue weighted by atomic mass is 16.5. The van der Waals surface area contributed by atoms with Crippen LogP contribution in [0.4, 0.5) is 0 Å². The maximum atomic E-state index is 9.10. The van der Waals surface area contributed by atoms with E-state index in [9.17, 15) is 0 Å². The third kappa shape index (κ3) is 1.23. The van der Waals surface area contributed by atoms with Crippen LogP contribution in [0, 0.1) is 6.92 Å². The van der Waals surface area contributed by atoms with E-state index in [4.69, 9.17) is 14.4 Å². The first-order chi connectivity index (χ1) is 7.79. The molecule has 0 radical (unpaired) electrons. The molecule has 0 amide bonds. The molecule has 0 aliphatic carbocycles. The summed E-state index contributed by atoms with van der Waals surface area (Å²) in [4.78, 5) is 0. The summed E-state index contributed by atoms with van der Waals surface area (Å²) in [5, 5.41) is 13.1. The van der Waals surface area contributed by atoms with Crippen molar-refractivity contribution in [2.45, 2.75) is 20.1 Å². The number of nitrogens with zero attached hydrogens (tertiary/aromatic N) is 1. The fourth-order valence-corrected chi connectivity index (χ4v) is 1.93. The molecule has 16 heavy (non-hydrogen) atoms. The van der Waals surface area contributed by atoms with Gasteiger partial charge in [-0.25, -0.2) is 0 Å². The topological polar surface area (TPSA) is 55.5 Å². The summed E-state index contributed by atoms with van der Waals surface area (Å²) >= 11 is 0. The summed E-state index contributed by atoms with van der Waals surface area (Å²) in [5.74, 6) is 1.30. The van der Waals surface area contributed by atoms with Gasteiger partial charge in [-0.2, -0.15) is 0 Å². The van der Waals surface area contributed by atoms with Gasteiger partial charge in [0.25, 0.3) is 0 Å². The maximum absolute atomic E-state index is 9.10. The third-order valence-corrected chi connectivity index (χ3v) is 2.78. The summed E-state index contributed by atoms with van der Waals surface area (Å²) < 4.78 is 10.7. The van der Waals surface area contributed by atoms with E-state index in [0.717, 1.165) is 28.1 Å². The average molecular weight is 217 g/mol. The number of aliphatic hydroxyl groups excluding tert-OH is 1. The first-order valence-electron chi connectivity index (χ1n) is 5.11. The van der Waals surface area contributed by atoms with Gasteiger partial charge in [-0.1, -0.05) is 16.8 Å². The standard InChI is InChI=1S/C12H11NO3/c1-7-2-3-10-8(4-7)12-9(6-15-10)11(5-14)16-13-12/h2-4,14H,5-6H2,1H3. The normalized spacial score (nSPS) is 12.9. The average Bonchev–Trinajstić information content (AvgIpc) is 2.72. The Morgan fingerprint density at radius 2 is 2.31 bits per heavy atom. The summed E-state index contributed by atoms with van der Waals surface area (Å²) in [5.41, 5.74) is 3.71. The largest absolute Gasteiger partial charge is 0.488 e. The molecule has 1 N–H and O–H groups in total. The maximum Gasteiger partial charge on any atom is 0.169 e. The van der Waals surface area contributed by atoms with Crippen molar-refractivity contribution < 1.29 is 14.4 Å². The predicted molar refractivity (Wildman–Crippen MR) is 56.9 cm³/mol. The van der Waals surface area contributed by atoms with Gasteiger partial charge in [-0.3, -0.25) is 0 Å². The molecule has 1 aromatic heterocycles. The number of hydrogen-bond donors (Lipinski definition) is 1. The molecule has 1 aromatic carbocycles. The molecule has 0 fully saturated rings. The molecule has 1 aliphatic rings. The van der Waals surface area contributed by atoms with Gasteiger partial charge in [0.2, 0.25) is 0 Å². The lowest BCUT2D eigenvalue weighted by atomic mass is 10.0. The number of aromatic nitrogens is 1. The summed E-state index contributed by atoms with van der Waals surface area (Å²) in [7, 11) is 0. The molecule has 0 saturated heterocycles. The van der Waals surface area contributed by atoms with Gasteiger partial charge in [0.1, 0.15) is 24.7 Å². The lowest BCUT2D eigenvalue weighted by molar-refractivity contribution is 0.222. The molecule has 0 unspecified atom stereocenters. The number of rotatable bonds is 1. The van der Waals surface area contributed by atoms with E-state index in [-0.39, 0.29) is 6.61 Å². The molecule has 4 nitrogen and oxygen atoms in total. The Morgan fingerprint density at radius 1 is 1.44 bits per heavy atom. The SMILES string of the molecule is Cc1ccc2c(c1)-c1noc(CO)c1CO2. The molecule has 0 saturated carbocycles. The minimum absolute atomic E-state index is 0.146. The van der Waals surface area contributed by atoms with E-state index >= 15 is 0 Å². The molecule has 82 valence electrons. The van der Waals surface area contributed by atoms with Crippen LogP contribution in [0.25, 0.3) is 11.3 Å². The van der Waals surface area contributed by atoms with Crippen molar-refractivity contribution >= 4 is 0 Å². The monoisotopic (exact) mass is 217 g/mol. The molecule has 2 heterocycles. The number of fused-ring (bicyclic) bond motifs is 3. The summed E-state index contributed by atoms with van der Waals surface area (Å²) in [6.07, 6.45) is 0. The second kappa shape index (κ2) is 3.35. The highest BCUT2D eigenvalue weighted by Crippen LogP contribution is 2.38. The molecular weight excluding hydrogens is 206 g/mol. The Hall–Kier alpha value is -1.81. The van der Waals surface area contributed by atoms with Crippen molar-refractivity contribution in [2.75, 3.05) is 0 Å². The molecule has 0 spiro atoms. The van der Waals surface area contributed by atoms with Crippen LogP contribution in [0.3, 0.4) is 0 Å². The zero-order valence-electron chi connectivity index (χ0n) is 8.86. The minimum Gasteiger partial charge on any atom is -0.488 e. The number of aliphatic hydroxyl groups is 1. The quantitative estimate of drug-likeness (QED) is 0.794. The van der Waals surface area contributed by atoms with Crippen LogP contribution in [0.1, 0.15) is 16.9 Å². The van der Waals surface area contributed by atoms with Gasteiger partial charge >= 0.3 is 0 Å². The van der Waals surface area contributed by atoms with Gasteiger partial charge in [-0.15, -0.1) is 0 Å². The zero-order chi connectivity index (χ0) is 11.1. The van der Waals surface area contributed by atoms with Crippen molar-refractivity contribution in [3.8, 4) is 17.0 Å². The van der Waals surface area contributed by atoms with Crippen molar-refractivity contribution in [2.24, 2.45) is 0 Å². The Balaban J connectivity index is 2.22. The Labute approximate surface area is 92.5 Å². The Morgan fingerprint density at radius 3 is 3.12 bits per heavy atom. The Kier molecular flexibility index (Phi) is 1.97. The molecule has 2 aromatic rings. The fraction of sp³-hybridized carbons (Fsp3) is 0.250. The Bertz CT molecular complexity index is 545. The smallest absolute Gasteiger partial charge is 0.169 e. The number of hydrogen-bond acceptors (Lipinski definition) is 4. The van der Waals surface area contributed by atoms with Gasteiger partial charge in [0.05, 0.1) is 5.56 Å². The molecular formula is C12H11NO3. The first-order valence-corrected chi connectivity index (χ1v) is 5.11. The van der Waals surface area contributed by atoms with E-state index in [2.05, 4.69) is 5.16 Å². The van der Waals surface area contributed by atoms with Crippen LogP contribution < -0.4 is 4.74 Å². The van der Waals surface area contributed by atoms with Crippen LogP contribution in [-0.4, -0.2) is 10.3 Å². The van der Waals surface area contributed by atoms with Crippen molar-refractivity contribution in [3.05, 3.63) is 35.1 Å². The highest BCUT2D eigenvalue weighted by molar-refractivity contribution is 5.72. The summed E-state index contributed by atoms with van der Waals surface area (Å²) in [6, 6.07) is 5.94. The number of ether oxygens (including phenoxy) is 1. The number of aryl methyl sites for hydroxylation is 1. The van der Waals surface area contributed by atoms with Crippen molar-refractivity contribution in [1.29, 1.82) is 0 Å². The molecule has 1 aliphatic heterocycles. The van der Waals surface area contributed by atoms with E-state index in [1.807, 2.05) is 25.1 Å². The lowest BCUT2D eigenvalue weighted by Crippen LogP contribution is -2.06. The fourth-order valence-electron chi connectivity index (χ4n) is 1.93. The second-order valence-corrected chi connectivity index (χ2v) is 3.88. The van der Waals surface area contributed by atoms with Crippen LogP contribution in [0.2, 0.25) is 0 Å². The van der Waals surface area contributed by atoms with Gasteiger partial charge in [-0.05, 0) is 19.1 Å². The van der Waals surface area contributed by atoms with Crippen molar-refractivity contribution in [3.63, 3.8) is 0 Å². The van der Waals surface area contributed by atoms with E-state index in [0.29, 0.717) is 12.4 Å². The van der Waals surface area contributed by atoms with Gasteiger partial charge in [0.15, 0.2) is 5.76 Å². The molecule has 3 rings (SSSR count).